The Hall–Kier alpha value is -3.96. The minimum absolute atomic E-state index is 0.102. The van der Waals surface area contributed by atoms with Crippen molar-refractivity contribution in [3.05, 3.63) is 64.1 Å². The van der Waals surface area contributed by atoms with Crippen LogP contribution in [0.25, 0.3) is 11.0 Å². The van der Waals surface area contributed by atoms with E-state index in [0.717, 1.165) is 61.8 Å². The van der Waals surface area contributed by atoms with Gasteiger partial charge in [0.25, 0.3) is 5.91 Å². The highest BCUT2D eigenvalue weighted by molar-refractivity contribution is 6.00. The van der Waals surface area contributed by atoms with Gasteiger partial charge in [-0.1, -0.05) is 18.2 Å². The van der Waals surface area contributed by atoms with E-state index in [2.05, 4.69) is 4.90 Å². The van der Waals surface area contributed by atoms with Crippen molar-refractivity contribution in [2.75, 3.05) is 20.2 Å². The molecule has 2 aromatic carbocycles. The van der Waals surface area contributed by atoms with Gasteiger partial charge in [0.05, 0.1) is 24.7 Å². The number of imidazole rings is 1. The highest BCUT2D eigenvalue weighted by atomic mass is 16.6. The zero-order valence-electron chi connectivity index (χ0n) is 29.5. The van der Waals surface area contributed by atoms with E-state index >= 15 is 0 Å². The Kier molecular flexibility index (Phi) is 10.0. The molecule has 3 atom stereocenters. The molecule has 49 heavy (non-hydrogen) atoms. The Balaban J connectivity index is 1.24. The number of benzene rings is 2. The predicted octanol–water partition coefficient (Wildman–Crippen LogP) is 4.65. The maximum atomic E-state index is 13.8. The van der Waals surface area contributed by atoms with Crippen molar-refractivity contribution in [3.63, 3.8) is 0 Å². The standard InChI is InChI=1S/C38H51N5O6/c1-38(2,3)49-36(46)33-21-27(18-19-41(33)22-24-6-11-28(39)12-7-24)26-10-15-30-32(20-26)40(4)37(47)43(30)31-16-17-34(44)42(35(31)45)23-25-8-13-29(48-5)14-9-25/h8-10,13-15,20,24,27-28,31,33H,6-7,11-12,16-19,21-23,39H2,1-5H3. The summed E-state index contributed by atoms with van der Waals surface area (Å²) in [5, 5.41) is 0. The third-order valence-corrected chi connectivity index (χ3v) is 10.7. The molecule has 1 aliphatic carbocycles. The number of rotatable bonds is 8. The first-order chi connectivity index (χ1) is 23.3. The molecule has 3 aromatic rings. The van der Waals surface area contributed by atoms with Crippen LogP contribution in [0, 0.1) is 5.92 Å². The van der Waals surface area contributed by atoms with E-state index in [9.17, 15) is 19.2 Å². The molecule has 0 spiro atoms. The summed E-state index contributed by atoms with van der Waals surface area (Å²) in [6.45, 7) is 7.50. The van der Waals surface area contributed by atoms with Crippen molar-refractivity contribution in [3.8, 4) is 5.75 Å². The van der Waals surface area contributed by atoms with E-state index < -0.39 is 11.6 Å². The second-order valence-corrected chi connectivity index (χ2v) is 15.2. The van der Waals surface area contributed by atoms with Crippen molar-refractivity contribution in [1.29, 1.82) is 0 Å². The highest BCUT2D eigenvalue weighted by Crippen LogP contribution is 2.37. The third-order valence-electron chi connectivity index (χ3n) is 10.7. The van der Waals surface area contributed by atoms with Gasteiger partial charge in [0.1, 0.15) is 23.4 Å². The minimum atomic E-state index is -0.785. The number of nitrogens with zero attached hydrogens (tertiary/aromatic N) is 4. The topological polar surface area (TPSA) is 129 Å². The van der Waals surface area contributed by atoms with Gasteiger partial charge in [-0.2, -0.15) is 0 Å². The van der Waals surface area contributed by atoms with Crippen LogP contribution in [-0.4, -0.2) is 74.6 Å². The van der Waals surface area contributed by atoms with E-state index in [0.29, 0.717) is 23.6 Å². The van der Waals surface area contributed by atoms with Gasteiger partial charge in [0.2, 0.25) is 5.91 Å². The molecule has 3 aliphatic rings. The van der Waals surface area contributed by atoms with Gasteiger partial charge in [-0.25, -0.2) is 4.79 Å². The Morgan fingerprint density at radius 2 is 1.65 bits per heavy atom. The molecule has 2 aliphatic heterocycles. The Labute approximate surface area is 288 Å². The lowest BCUT2D eigenvalue weighted by Gasteiger charge is -2.41. The molecule has 1 saturated carbocycles. The summed E-state index contributed by atoms with van der Waals surface area (Å²) in [4.78, 5) is 57.7. The van der Waals surface area contributed by atoms with Crippen LogP contribution >= 0.6 is 0 Å². The number of hydrogen-bond acceptors (Lipinski definition) is 8. The van der Waals surface area contributed by atoms with Crippen molar-refractivity contribution < 1.29 is 23.9 Å². The highest BCUT2D eigenvalue weighted by Gasteiger charge is 2.40. The molecule has 3 fully saturated rings. The number of methoxy groups -OCH3 is 1. The van der Waals surface area contributed by atoms with Gasteiger partial charge < -0.3 is 15.2 Å². The minimum Gasteiger partial charge on any atom is -0.497 e. The molecule has 11 heteroatoms. The van der Waals surface area contributed by atoms with Crippen molar-refractivity contribution in [2.24, 2.45) is 18.7 Å². The average Bonchev–Trinajstić information content (AvgIpc) is 3.32. The molecule has 6 rings (SSSR count). The Morgan fingerprint density at radius 1 is 0.939 bits per heavy atom. The quantitative estimate of drug-likeness (QED) is 0.271. The Morgan fingerprint density at radius 3 is 2.33 bits per heavy atom. The lowest BCUT2D eigenvalue weighted by atomic mass is 9.82. The number of esters is 1. The average molecular weight is 674 g/mol. The second kappa shape index (κ2) is 14.1. The van der Waals surface area contributed by atoms with Crippen LogP contribution in [0.1, 0.15) is 95.2 Å². The summed E-state index contributed by atoms with van der Waals surface area (Å²) in [7, 11) is 3.31. The van der Waals surface area contributed by atoms with Crippen molar-refractivity contribution >= 4 is 28.8 Å². The second-order valence-electron chi connectivity index (χ2n) is 15.2. The summed E-state index contributed by atoms with van der Waals surface area (Å²) in [5.74, 6) is 0.510. The fourth-order valence-corrected chi connectivity index (χ4v) is 7.93. The number of fused-ring (bicyclic) bond motifs is 1. The number of imide groups is 1. The number of aromatic nitrogens is 2. The maximum Gasteiger partial charge on any atom is 0.329 e. The molecule has 0 radical (unpaired) electrons. The molecule has 2 N–H and O–H groups in total. The summed E-state index contributed by atoms with van der Waals surface area (Å²) in [5.41, 5.74) is 8.54. The molecule has 3 heterocycles. The molecule has 2 amide bonds. The van der Waals surface area contributed by atoms with E-state index in [1.165, 1.54) is 4.90 Å². The summed E-state index contributed by atoms with van der Waals surface area (Å²) in [6, 6.07) is 12.4. The van der Waals surface area contributed by atoms with Crippen LogP contribution in [0.5, 0.6) is 5.75 Å². The lowest BCUT2D eigenvalue weighted by molar-refractivity contribution is -0.163. The van der Waals surface area contributed by atoms with Gasteiger partial charge >= 0.3 is 11.7 Å². The summed E-state index contributed by atoms with van der Waals surface area (Å²) >= 11 is 0. The normalized spacial score (nSPS) is 25.5. The first kappa shape index (κ1) is 34.9. The third kappa shape index (κ3) is 7.48. The van der Waals surface area contributed by atoms with Crippen LogP contribution in [0.3, 0.4) is 0 Å². The predicted molar refractivity (Wildman–Crippen MR) is 187 cm³/mol. The molecule has 0 bridgehead atoms. The first-order valence-electron chi connectivity index (χ1n) is 17.7. The number of piperidine rings is 2. The molecule has 1 aromatic heterocycles. The Bertz CT molecular complexity index is 1750. The van der Waals surface area contributed by atoms with Crippen LogP contribution in [0.15, 0.2) is 47.3 Å². The SMILES string of the molecule is COc1ccc(CN2C(=O)CCC(n3c(=O)n(C)c4cc(C5CCN(CC6CCC(N)CC6)C(C(=O)OC(C)(C)C)C5)ccc43)C2=O)cc1. The number of hydrogen-bond donors (Lipinski definition) is 1. The van der Waals surface area contributed by atoms with Gasteiger partial charge in [0, 0.05) is 26.1 Å². The van der Waals surface area contributed by atoms with E-state index in [1.54, 1.807) is 35.4 Å². The summed E-state index contributed by atoms with van der Waals surface area (Å²) in [6.07, 6.45) is 6.17. The summed E-state index contributed by atoms with van der Waals surface area (Å²) < 4.78 is 14.3. The molecule has 3 unspecified atom stereocenters. The van der Waals surface area contributed by atoms with Gasteiger partial charge in [-0.05, 0) is 119 Å². The van der Waals surface area contributed by atoms with Crippen molar-refractivity contribution in [2.45, 2.75) is 108 Å². The smallest absolute Gasteiger partial charge is 0.329 e. The fraction of sp³-hybridized carbons (Fsp3) is 0.579. The number of nitrogens with two attached hydrogens (primary N) is 1. The number of ether oxygens (including phenoxy) is 2. The number of carbonyl (C=O) groups is 3. The van der Waals surface area contributed by atoms with Crippen LogP contribution < -0.4 is 16.2 Å². The van der Waals surface area contributed by atoms with Crippen molar-refractivity contribution in [1.82, 2.24) is 18.9 Å². The van der Waals surface area contributed by atoms with Gasteiger partial charge in [0.15, 0.2) is 0 Å². The van der Waals surface area contributed by atoms with Crippen LogP contribution in [0.2, 0.25) is 0 Å². The molecule has 264 valence electrons. The fourth-order valence-electron chi connectivity index (χ4n) is 7.93. The number of aryl methyl sites for hydroxylation is 1. The molecule has 2 saturated heterocycles. The molecular formula is C38H51N5O6. The monoisotopic (exact) mass is 673 g/mol. The largest absolute Gasteiger partial charge is 0.497 e. The number of amides is 2. The van der Waals surface area contributed by atoms with Gasteiger partial charge in [-0.15, -0.1) is 0 Å². The first-order valence-corrected chi connectivity index (χ1v) is 17.7. The van der Waals surface area contributed by atoms with Crippen LogP contribution in [-0.2, 0) is 32.7 Å². The van der Waals surface area contributed by atoms with E-state index in [1.807, 2.05) is 51.1 Å². The molecular weight excluding hydrogens is 622 g/mol. The lowest BCUT2D eigenvalue weighted by Crippen LogP contribution is -2.50. The van der Waals surface area contributed by atoms with Crippen LogP contribution in [0.4, 0.5) is 0 Å². The zero-order valence-corrected chi connectivity index (χ0v) is 29.5. The maximum absolute atomic E-state index is 13.8. The zero-order chi connectivity index (χ0) is 35.0. The number of likely N-dealkylation sites (tertiary alicyclic amines) is 2. The van der Waals surface area contributed by atoms with Gasteiger partial charge in [-0.3, -0.25) is 33.3 Å². The van der Waals surface area contributed by atoms with E-state index in [4.69, 9.17) is 15.2 Å². The van der Waals surface area contributed by atoms with E-state index in [-0.39, 0.29) is 60.9 Å². The molecule has 11 nitrogen and oxygen atoms in total. The number of carbonyl (C=O) groups excluding carboxylic acids is 3.